The minimum absolute atomic E-state index is 0.520. The largest absolute Gasteiger partial charge is 0.310 e. The normalized spacial score (nSPS) is 12.8. The highest BCUT2D eigenvalue weighted by atomic mass is 15.0. The monoisotopic (exact) mass is 733 g/mol. The van der Waals surface area contributed by atoms with Crippen molar-refractivity contribution in [3.8, 4) is 46.0 Å². The fourth-order valence-electron chi connectivity index (χ4n) is 7.96. The van der Waals surface area contributed by atoms with Gasteiger partial charge in [0.2, 0.25) is 0 Å². The Labute approximate surface area is 335 Å². The summed E-state index contributed by atoms with van der Waals surface area (Å²) in [7, 11) is 0. The molecule has 0 radical (unpaired) electrons. The van der Waals surface area contributed by atoms with Crippen LogP contribution < -0.4 is 0 Å². The van der Waals surface area contributed by atoms with E-state index in [4.69, 9.17) is 5.41 Å². The number of hydrogen-bond acceptors (Lipinski definition) is 1. The van der Waals surface area contributed by atoms with E-state index >= 15 is 0 Å². The van der Waals surface area contributed by atoms with Gasteiger partial charge in [-0.25, -0.2) is 0 Å². The van der Waals surface area contributed by atoms with Crippen LogP contribution in [0.4, 0.5) is 0 Å². The lowest BCUT2D eigenvalue weighted by atomic mass is 9.93. The van der Waals surface area contributed by atoms with Gasteiger partial charge in [0, 0.05) is 39.0 Å². The SMILES string of the molecule is C#CC.C=C/C=C1/C=Cc2c(c3ccc(-c4cccc(C/C=C\c5c(C)c6ccccc6n5-c5cccc(-c6ccccc6)c5)c4)cc3n2-c2ccccc2)C1=N. The quantitative estimate of drug-likeness (QED) is 0.151. The van der Waals surface area contributed by atoms with Gasteiger partial charge in [-0.3, -0.25) is 5.41 Å². The van der Waals surface area contributed by atoms with Crippen molar-refractivity contribution in [3.05, 3.63) is 216 Å². The van der Waals surface area contributed by atoms with E-state index in [0.29, 0.717) is 5.71 Å². The van der Waals surface area contributed by atoms with Gasteiger partial charge in [0.25, 0.3) is 0 Å². The standard InChI is InChI=1S/C51H39N3.C3H4/c1-3-15-38-29-31-48-50(51(38)52)45-30-28-41(34-49(45)53(48)42-22-8-5-9-23-42)39-20-12-16-36(32-39)17-13-27-46-35(2)44-25-10-11-26-47(44)54(46)43-24-14-21-40(33-43)37-18-6-4-7-19-37;1-3-2/h3-16,18-34,52H,1,17H2,2H3;1H,2H3/b27-13-,38-15-,52-51?;. The van der Waals surface area contributed by atoms with E-state index in [9.17, 15) is 0 Å². The van der Waals surface area contributed by atoms with Gasteiger partial charge in [-0.2, -0.15) is 0 Å². The molecular formula is C54H43N3. The first-order valence-corrected chi connectivity index (χ1v) is 19.2. The Morgan fingerprint density at radius 1 is 0.649 bits per heavy atom. The highest BCUT2D eigenvalue weighted by Gasteiger charge is 2.24. The van der Waals surface area contributed by atoms with Gasteiger partial charge in [-0.1, -0.05) is 146 Å². The van der Waals surface area contributed by atoms with Crippen molar-refractivity contribution < 1.29 is 0 Å². The number of rotatable bonds is 8. The molecule has 0 amide bonds. The van der Waals surface area contributed by atoms with Crippen LogP contribution in [0.2, 0.25) is 0 Å². The van der Waals surface area contributed by atoms with Crippen LogP contribution in [-0.4, -0.2) is 14.8 Å². The molecule has 2 heterocycles. The number of benzene rings is 6. The summed E-state index contributed by atoms with van der Waals surface area (Å²) in [6, 6.07) is 54.1. The molecule has 8 aromatic rings. The van der Waals surface area contributed by atoms with Crippen molar-refractivity contribution >= 4 is 39.7 Å². The Kier molecular flexibility index (Phi) is 10.3. The number of aryl methyl sites for hydroxylation is 1. The molecule has 3 nitrogen and oxygen atoms in total. The second-order valence-corrected chi connectivity index (χ2v) is 14.1. The number of fused-ring (bicyclic) bond motifs is 4. The summed E-state index contributed by atoms with van der Waals surface area (Å²) in [4.78, 5) is 0. The number of aromatic nitrogens is 2. The average molecular weight is 734 g/mol. The molecule has 0 saturated heterocycles. The van der Waals surface area contributed by atoms with Crippen LogP contribution in [0.1, 0.15) is 35.0 Å². The van der Waals surface area contributed by atoms with E-state index in [-0.39, 0.29) is 0 Å². The Morgan fingerprint density at radius 2 is 1.30 bits per heavy atom. The molecule has 274 valence electrons. The fraction of sp³-hybridized carbons (Fsp3) is 0.0556. The molecule has 0 aliphatic heterocycles. The molecule has 1 N–H and O–H groups in total. The summed E-state index contributed by atoms with van der Waals surface area (Å²) in [5.74, 6) is 2.25. The lowest BCUT2D eigenvalue weighted by Crippen LogP contribution is -2.09. The minimum Gasteiger partial charge on any atom is -0.310 e. The summed E-state index contributed by atoms with van der Waals surface area (Å²) < 4.78 is 4.68. The number of allylic oxidation sites excluding steroid dienone is 5. The first kappa shape index (κ1) is 36.6. The van der Waals surface area contributed by atoms with Crippen LogP contribution in [0.5, 0.6) is 0 Å². The van der Waals surface area contributed by atoms with Crippen LogP contribution in [-0.2, 0) is 6.42 Å². The van der Waals surface area contributed by atoms with Crippen molar-refractivity contribution in [2.75, 3.05) is 0 Å². The number of terminal acetylenes is 1. The van der Waals surface area contributed by atoms with E-state index in [1.54, 1.807) is 13.0 Å². The summed E-state index contributed by atoms with van der Waals surface area (Å²) >= 11 is 0. The first-order chi connectivity index (χ1) is 28.0. The summed E-state index contributed by atoms with van der Waals surface area (Å²) in [5.41, 5.74) is 16.3. The van der Waals surface area contributed by atoms with Gasteiger partial charge in [-0.15, -0.1) is 12.3 Å². The van der Waals surface area contributed by atoms with Gasteiger partial charge >= 0.3 is 0 Å². The second kappa shape index (κ2) is 16.1. The van der Waals surface area contributed by atoms with Crippen molar-refractivity contribution in [2.24, 2.45) is 0 Å². The van der Waals surface area contributed by atoms with E-state index in [0.717, 1.165) is 51.1 Å². The molecule has 0 saturated carbocycles. The molecule has 1 aliphatic carbocycles. The predicted octanol–water partition coefficient (Wildman–Crippen LogP) is 13.6. The van der Waals surface area contributed by atoms with Crippen molar-refractivity contribution in [3.63, 3.8) is 0 Å². The third kappa shape index (κ3) is 7.02. The maximum Gasteiger partial charge on any atom is 0.0712 e. The average Bonchev–Trinajstić information content (AvgIpc) is 3.74. The van der Waals surface area contributed by atoms with Crippen LogP contribution in [0, 0.1) is 24.7 Å². The minimum atomic E-state index is 0.520. The predicted molar refractivity (Wildman–Crippen MR) is 244 cm³/mol. The molecule has 6 aromatic carbocycles. The van der Waals surface area contributed by atoms with E-state index in [1.807, 2.05) is 18.2 Å². The smallest absolute Gasteiger partial charge is 0.0712 e. The molecule has 0 fully saturated rings. The summed E-state index contributed by atoms with van der Waals surface area (Å²) in [5, 5.41) is 11.5. The Morgan fingerprint density at radius 3 is 2.07 bits per heavy atom. The van der Waals surface area contributed by atoms with E-state index in [1.165, 1.54) is 44.4 Å². The van der Waals surface area contributed by atoms with Gasteiger partial charge < -0.3 is 9.13 Å². The summed E-state index contributed by atoms with van der Waals surface area (Å²) in [6.07, 6.45) is 17.8. The first-order valence-electron chi connectivity index (χ1n) is 19.2. The lowest BCUT2D eigenvalue weighted by molar-refractivity contribution is 1.09. The third-order valence-electron chi connectivity index (χ3n) is 10.6. The molecule has 0 bridgehead atoms. The zero-order chi connectivity index (χ0) is 39.3. The third-order valence-corrected chi connectivity index (χ3v) is 10.6. The van der Waals surface area contributed by atoms with E-state index < -0.39 is 0 Å². The Bertz CT molecular complexity index is 2920. The van der Waals surface area contributed by atoms with Gasteiger partial charge in [-0.05, 0) is 102 Å². The topological polar surface area (TPSA) is 33.7 Å². The molecular weight excluding hydrogens is 691 g/mol. The van der Waals surface area contributed by atoms with Crippen LogP contribution in [0.15, 0.2) is 188 Å². The molecule has 1 aliphatic rings. The second-order valence-electron chi connectivity index (χ2n) is 14.1. The van der Waals surface area contributed by atoms with Gasteiger partial charge in [0.05, 0.1) is 22.4 Å². The fourth-order valence-corrected chi connectivity index (χ4v) is 7.96. The van der Waals surface area contributed by atoms with Crippen LogP contribution >= 0.6 is 0 Å². The van der Waals surface area contributed by atoms with Crippen molar-refractivity contribution in [1.29, 1.82) is 5.41 Å². The molecule has 0 unspecified atom stereocenters. The van der Waals surface area contributed by atoms with Crippen molar-refractivity contribution in [1.82, 2.24) is 9.13 Å². The molecule has 57 heavy (non-hydrogen) atoms. The maximum atomic E-state index is 9.12. The Hall–Kier alpha value is -7.41. The molecule has 2 aromatic heterocycles. The zero-order valence-corrected chi connectivity index (χ0v) is 32.3. The number of para-hydroxylation sites is 2. The van der Waals surface area contributed by atoms with Crippen molar-refractivity contribution in [2.45, 2.75) is 20.3 Å². The highest BCUT2D eigenvalue weighted by molar-refractivity contribution is 6.23. The number of nitrogens with one attached hydrogen (secondary N) is 1. The van der Waals surface area contributed by atoms with Crippen LogP contribution in [0.3, 0.4) is 0 Å². The number of hydrogen-bond donors (Lipinski definition) is 1. The van der Waals surface area contributed by atoms with Gasteiger partial charge in [0.1, 0.15) is 0 Å². The molecule has 9 rings (SSSR count). The van der Waals surface area contributed by atoms with Crippen LogP contribution in [0.25, 0.3) is 67.6 Å². The molecule has 0 spiro atoms. The molecule has 3 heteroatoms. The van der Waals surface area contributed by atoms with Gasteiger partial charge in [0.15, 0.2) is 0 Å². The Balaban J connectivity index is 0.00000147. The molecule has 0 atom stereocenters. The number of nitrogens with zero attached hydrogens (tertiary/aromatic N) is 2. The highest BCUT2D eigenvalue weighted by Crippen LogP contribution is 2.38. The van der Waals surface area contributed by atoms with E-state index in [2.05, 4.69) is 199 Å². The lowest BCUT2D eigenvalue weighted by Gasteiger charge is -2.14. The summed E-state index contributed by atoms with van der Waals surface area (Å²) in [6.45, 7) is 7.75. The maximum absolute atomic E-state index is 9.12. The zero-order valence-electron chi connectivity index (χ0n) is 32.3.